The molecule has 1 unspecified atom stereocenters. The molecule has 0 fully saturated rings. The summed E-state index contributed by atoms with van der Waals surface area (Å²) in [5.74, 6) is 0.571. The molecule has 112 valence electrons. The number of rotatable bonds is 8. The number of benzene rings is 1. The summed E-state index contributed by atoms with van der Waals surface area (Å²) in [6.45, 7) is 5.28. The first-order valence-electron chi connectivity index (χ1n) is 6.82. The molecule has 5 nitrogen and oxygen atoms in total. The van der Waals surface area contributed by atoms with Crippen molar-refractivity contribution in [1.29, 1.82) is 0 Å². The van der Waals surface area contributed by atoms with Crippen LogP contribution in [0.15, 0.2) is 18.2 Å². The van der Waals surface area contributed by atoms with Crippen LogP contribution in [0.3, 0.4) is 0 Å². The number of amides is 1. The SMILES string of the molecule is COCCCNC(=O)C(C)Oc1c(C)cccc1CN. The van der Waals surface area contributed by atoms with Crippen LogP contribution in [0.25, 0.3) is 0 Å². The van der Waals surface area contributed by atoms with Crippen LogP contribution in [0.2, 0.25) is 0 Å². The Morgan fingerprint density at radius 3 is 2.85 bits per heavy atom. The fourth-order valence-corrected chi connectivity index (χ4v) is 1.84. The minimum absolute atomic E-state index is 0.132. The highest BCUT2D eigenvalue weighted by atomic mass is 16.5. The maximum absolute atomic E-state index is 11.9. The van der Waals surface area contributed by atoms with E-state index in [-0.39, 0.29) is 5.91 Å². The highest BCUT2D eigenvalue weighted by Crippen LogP contribution is 2.24. The summed E-state index contributed by atoms with van der Waals surface area (Å²) in [5, 5.41) is 2.82. The van der Waals surface area contributed by atoms with E-state index in [0.29, 0.717) is 25.4 Å². The molecule has 0 saturated carbocycles. The Kier molecular flexibility index (Phi) is 7.04. The van der Waals surface area contributed by atoms with Crippen molar-refractivity contribution in [2.45, 2.75) is 32.9 Å². The van der Waals surface area contributed by atoms with E-state index in [0.717, 1.165) is 17.5 Å². The van der Waals surface area contributed by atoms with Gasteiger partial charge in [0.05, 0.1) is 0 Å². The number of ether oxygens (including phenoxy) is 2. The first kappa shape index (κ1) is 16.5. The van der Waals surface area contributed by atoms with E-state index in [1.165, 1.54) is 0 Å². The predicted molar refractivity (Wildman–Crippen MR) is 78.7 cm³/mol. The number of hydrogen-bond acceptors (Lipinski definition) is 4. The standard InChI is InChI=1S/C15H24N2O3/c1-11-6-4-7-13(10-16)14(11)20-12(2)15(18)17-8-5-9-19-3/h4,6-7,12H,5,8-10,16H2,1-3H3,(H,17,18). The molecular formula is C15H24N2O3. The Morgan fingerprint density at radius 1 is 1.45 bits per heavy atom. The minimum atomic E-state index is -0.552. The van der Waals surface area contributed by atoms with Gasteiger partial charge in [-0.15, -0.1) is 0 Å². The van der Waals surface area contributed by atoms with Crippen LogP contribution in [-0.2, 0) is 16.1 Å². The average Bonchev–Trinajstić information content (AvgIpc) is 2.45. The summed E-state index contributed by atoms with van der Waals surface area (Å²) in [6.07, 6.45) is 0.233. The lowest BCUT2D eigenvalue weighted by molar-refractivity contribution is -0.127. The molecule has 0 saturated heterocycles. The summed E-state index contributed by atoms with van der Waals surface area (Å²) in [6, 6.07) is 5.78. The summed E-state index contributed by atoms with van der Waals surface area (Å²) in [7, 11) is 1.64. The number of nitrogens with two attached hydrogens (primary N) is 1. The van der Waals surface area contributed by atoms with Crippen molar-refractivity contribution >= 4 is 5.91 Å². The number of methoxy groups -OCH3 is 1. The molecule has 0 heterocycles. The molecule has 1 aromatic carbocycles. The Labute approximate surface area is 120 Å². The number of carbonyl (C=O) groups is 1. The molecule has 0 radical (unpaired) electrons. The smallest absolute Gasteiger partial charge is 0.260 e. The normalized spacial score (nSPS) is 12.0. The van der Waals surface area contributed by atoms with E-state index in [1.54, 1.807) is 14.0 Å². The first-order valence-corrected chi connectivity index (χ1v) is 6.82. The van der Waals surface area contributed by atoms with Crippen molar-refractivity contribution in [2.75, 3.05) is 20.3 Å². The second-order valence-corrected chi connectivity index (χ2v) is 4.66. The molecule has 3 N–H and O–H groups in total. The summed E-state index contributed by atoms with van der Waals surface area (Å²) < 4.78 is 10.7. The third kappa shape index (κ3) is 4.83. The van der Waals surface area contributed by atoms with Crippen molar-refractivity contribution in [3.63, 3.8) is 0 Å². The molecule has 1 atom stereocenters. The molecule has 0 spiro atoms. The molecule has 0 aliphatic carbocycles. The van der Waals surface area contributed by atoms with E-state index >= 15 is 0 Å². The van der Waals surface area contributed by atoms with Crippen LogP contribution in [0.4, 0.5) is 0 Å². The van der Waals surface area contributed by atoms with Gasteiger partial charge in [-0.1, -0.05) is 18.2 Å². The highest BCUT2D eigenvalue weighted by Gasteiger charge is 2.16. The number of para-hydroxylation sites is 1. The Morgan fingerprint density at radius 2 is 2.20 bits per heavy atom. The van der Waals surface area contributed by atoms with E-state index in [4.69, 9.17) is 15.2 Å². The molecule has 0 bridgehead atoms. The van der Waals surface area contributed by atoms with E-state index in [1.807, 2.05) is 25.1 Å². The van der Waals surface area contributed by atoms with Crippen LogP contribution in [0.5, 0.6) is 5.75 Å². The maximum atomic E-state index is 11.9. The monoisotopic (exact) mass is 280 g/mol. The largest absolute Gasteiger partial charge is 0.480 e. The third-order valence-corrected chi connectivity index (χ3v) is 3.00. The minimum Gasteiger partial charge on any atom is -0.480 e. The number of hydrogen-bond donors (Lipinski definition) is 2. The van der Waals surface area contributed by atoms with Crippen LogP contribution < -0.4 is 15.8 Å². The van der Waals surface area contributed by atoms with Gasteiger partial charge in [0.1, 0.15) is 5.75 Å². The van der Waals surface area contributed by atoms with Gasteiger partial charge in [-0.3, -0.25) is 4.79 Å². The molecule has 20 heavy (non-hydrogen) atoms. The Balaban J connectivity index is 2.57. The van der Waals surface area contributed by atoms with Gasteiger partial charge < -0.3 is 20.5 Å². The first-order chi connectivity index (χ1) is 9.60. The van der Waals surface area contributed by atoms with Crippen LogP contribution in [-0.4, -0.2) is 32.3 Å². The van der Waals surface area contributed by atoms with Gasteiger partial charge in [0.15, 0.2) is 6.10 Å². The highest BCUT2D eigenvalue weighted by molar-refractivity contribution is 5.80. The number of aryl methyl sites for hydroxylation is 1. The summed E-state index contributed by atoms with van der Waals surface area (Å²) in [5.41, 5.74) is 7.58. The second-order valence-electron chi connectivity index (χ2n) is 4.66. The average molecular weight is 280 g/mol. The Hall–Kier alpha value is -1.59. The molecular weight excluding hydrogens is 256 g/mol. The van der Waals surface area contributed by atoms with Gasteiger partial charge >= 0.3 is 0 Å². The van der Waals surface area contributed by atoms with Gasteiger partial charge in [-0.2, -0.15) is 0 Å². The lowest BCUT2D eigenvalue weighted by Crippen LogP contribution is -2.37. The predicted octanol–water partition coefficient (Wildman–Crippen LogP) is 1.37. The summed E-state index contributed by atoms with van der Waals surface area (Å²) >= 11 is 0. The lowest BCUT2D eigenvalue weighted by atomic mass is 10.1. The third-order valence-electron chi connectivity index (χ3n) is 3.00. The number of carbonyl (C=O) groups excluding carboxylic acids is 1. The van der Waals surface area contributed by atoms with Crippen LogP contribution in [0.1, 0.15) is 24.5 Å². The van der Waals surface area contributed by atoms with Gasteiger partial charge in [-0.25, -0.2) is 0 Å². The zero-order valence-corrected chi connectivity index (χ0v) is 12.4. The molecule has 0 aliphatic rings. The van der Waals surface area contributed by atoms with Gasteiger partial charge in [0.2, 0.25) is 0 Å². The van der Waals surface area contributed by atoms with Gasteiger partial charge in [0.25, 0.3) is 5.91 Å². The van der Waals surface area contributed by atoms with Crippen molar-refractivity contribution < 1.29 is 14.3 Å². The van der Waals surface area contributed by atoms with Crippen LogP contribution >= 0.6 is 0 Å². The van der Waals surface area contributed by atoms with Crippen molar-refractivity contribution in [1.82, 2.24) is 5.32 Å². The molecule has 1 rings (SSSR count). The maximum Gasteiger partial charge on any atom is 0.260 e. The van der Waals surface area contributed by atoms with E-state index in [2.05, 4.69) is 5.32 Å². The van der Waals surface area contributed by atoms with E-state index < -0.39 is 6.10 Å². The topological polar surface area (TPSA) is 73.6 Å². The quantitative estimate of drug-likeness (QED) is 0.705. The Bertz CT molecular complexity index is 435. The molecule has 1 aromatic rings. The summed E-state index contributed by atoms with van der Waals surface area (Å²) in [4.78, 5) is 11.9. The van der Waals surface area contributed by atoms with E-state index in [9.17, 15) is 4.79 Å². The van der Waals surface area contributed by atoms with Crippen molar-refractivity contribution in [2.24, 2.45) is 5.73 Å². The van der Waals surface area contributed by atoms with Crippen molar-refractivity contribution in [3.8, 4) is 5.75 Å². The lowest BCUT2D eigenvalue weighted by Gasteiger charge is -2.18. The molecule has 0 aromatic heterocycles. The van der Waals surface area contributed by atoms with Crippen LogP contribution in [0, 0.1) is 6.92 Å². The van der Waals surface area contributed by atoms with Crippen molar-refractivity contribution in [3.05, 3.63) is 29.3 Å². The van der Waals surface area contributed by atoms with Gasteiger partial charge in [-0.05, 0) is 25.8 Å². The molecule has 1 amide bonds. The molecule has 5 heteroatoms. The molecule has 0 aliphatic heterocycles. The fourth-order valence-electron chi connectivity index (χ4n) is 1.84. The zero-order chi connectivity index (χ0) is 15.0. The zero-order valence-electron chi connectivity index (χ0n) is 12.4. The number of nitrogens with one attached hydrogen (secondary N) is 1. The fraction of sp³-hybridized carbons (Fsp3) is 0.533. The second kappa shape index (κ2) is 8.55. The van der Waals surface area contributed by atoms with Gasteiger partial charge in [0, 0.05) is 32.4 Å².